The number of hydrogen-bond acceptors (Lipinski definition) is 1. The van der Waals surface area contributed by atoms with E-state index in [9.17, 15) is 8.78 Å². The minimum atomic E-state index is -0.395. The van der Waals surface area contributed by atoms with Gasteiger partial charge >= 0.3 is 0 Å². The molecule has 1 aliphatic carbocycles. The molecule has 0 saturated heterocycles. The number of hydrogen-bond donors (Lipinski definition) is 1. The van der Waals surface area contributed by atoms with Gasteiger partial charge in [0.15, 0.2) is 0 Å². The van der Waals surface area contributed by atoms with Crippen molar-refractivity contribution in [2.24, 2.45) is 0 Å². The third-order valence-corrected chi connectivity index (χ3v) is 4.19. The first-order valence-corrected chi connectivity index (χ1v) is 6.90. The van der Waals surface area contributed by atoms with Crippen molar-refractivity contribution in [3.63, 3.8) is 0 Å². The maximum Gasteiger partial charge on any atom is 0.128 e. The summed E-state index contributed by atoms with van der Waals surface area (Å²) < 4.78 is 27.5. The van der Waals surface area contributed by atoms with E-state index in [1.54, 1.807) is 7.05 Å². The summed E-state index contributed by atoms with van der Waals surface area (Å²) in [7, 11) is 1.80. The lowest BCUT2D eigenvalue weighted by atomic mass is 9.88. The van der Waals surface area contributed by atoms with E-state index in [-0.39, 0.29) is 17.8 Å². The van der Waals surface area contributed by atoms with Crippen molar-refractivity contribution >= 4 is 0 Å². The Morgan fingerprint density at radius 3 is 2.75 bits per heavy atom. The summed E-state index contributed by atoms with van der Waals surface area (Å²) in [5.41, 5.74) is 2.97. The molecule has 2 atom stereocenters. The molecule has 0 fully saturated rings. The molecular weight excluding hydrogens is 256 g/mol. The fraction of sp³-hybridized carbons (Fsp3) is 0.294. The monoisotopic (exact) mass is 273 g/mol. The second-order valence-corrected chi connectivity index (χ2v) is 5.28. The number of benzene rings is 2. The zero-order valence-corrected chi connectivity index (χ0v) is 11.4. The Bertz CT molecular complexity index is 624. The predicted octanol–water partition coefficient (Wildman–Crippen LogP) is 3.96. The first kappa shape index (κ1) is 13.3. The van der Waals surface area contributed by atoms with Crippen molar-refractivity contribution in [2.75, 3.05) is 7.05 Å². The number of halogens is 2. The van der Waals surface area contributed by atoms with Crippen LogP contribution in [0, 0.1) is 11.6 Å². The van der Waals surface area contributed by atoms with Gasteiger partial charge in [0.25, 0.3) is 0 Å². The molecule has 1 nitrogen and oxygen atoms in total. The van der Waals surface area contributed by atoms with Gasteiger partial charge in [-0.1, -0.05) is 24.3 Å². The summed E-state index contributed by atoms with van der Waals surface area (Å²) in [6.45, 7) is 0. The van der Waals surface area contributed by atoms with Crippen LogP contribution >= 0.6 is 0 Å². The molecule has 2 aromatic rings. The van der Waals surface area contributed by atoms with Gasteiger partial charge in [0.05, 0.1) is 0 Å². The lowest BCUT2D eigenvalue weighted by molar-refractivity contribution is 0.450. The third kappa shape index (κ3) is 2.22. The van der Waals surface area contributed by atoms with E-state index in [4.69, 9.17) is 0 Å². The molecule has 2 unspecified atom stereocenters. The van der Waals surface area contributed by atoms with E-state index in [0.29, 0.717) is 5.56 Å². The average Bonchev–Trinajstić information content (AvgIpc) is 2.88. The molecule has 0 radical (unpaired) electrons. The van der Waals surface area contributed by atoms with E-state index in [1.165, 1.54) is 23.3 Å². The summed E-state index contributed by atoms with van der Waals surface area (Å²) in [5, 5.41) is 3.16. The number of rotatable bonds is 3. The van der Waals surface area contributed by atoms with Crippen molar-refractivity contribution in [1.82, 2.24) is 5.32 Å². The smallest absolute Gasteiger partial charge is 0.128 e. The van der Waals surface area contributed by atoms with Crippen LogP contribution in [0.3, 0.4) is 0 Å². The average molecular weight is 273 g/mol. The number of likely N-dealkylation sites (N-methyl/N-ethyl adjacent to an activating group) is 1. The van der Waals surface area contributed by atoms with Crippen molar-refractivity contribution in [2.45, 2.75) is 24.8 Å². The highest BCUT2D eigenvalue weighted by Gasteiger charge is 2.31. The standard InChI is InChI=1S/C17H17F2N/c1-20-17(15-10-12(18)7-9-16(15)19)14-8-6-11-4-2-3-5-13(11)14/h2-5,7,9-10,14,17,20H,6,8H2,1H3. The van der Waals surface area contributed by atoms with Crippen LogP contribution in [0.4, 0.5) is 8.78 Å². The molecule has 104 valence electrons. The van der Waals surface area contributed by atoms with Crippen LogP contribution < -0.4 is 5.32 Å². The topological polar surface area (TPSA) is 12.0 Å². The highest BCUT2D eigenvalue weighted by molar-refractivity contribution is 5.38. The minimum Gasteiger partial charge on any atom is -0.312 e. The van der Waals surface area contributed by atoms with Crippen LogP contribution in [0.5, 0.6) is 0 Å². The van der Waals surface area contributed by atoms with Gasteiger partial charge in [0.1, 0.15) is 11.6 Å². The summed E-state index contributed by atoms with van der Waals surface area (Å²) in [5.74, 6) is -0.560. The number of fused-ring (bicyclic) bond motifs is 1. The Balaban J connectivity index is 2.01. The zero-order valence-electron chi connectivity index (χ0n) is 11.4. The van der Waals surface area contributed by atoms with Crippen LogP contribution in [-0.2, 0) is 6.42 Å². The van der Waals surface area contributed by atoms with Crippen molar-refractivity contribution in [1.29, 1.82) is 0 Å². The highest BCUT2D eigenvalue weighted by Crippen LogP contribution is 2.42. The van der Waals surface area contributed by atoms with Gasteiger partial charge in [-0.3, -0.25) is 0 Å². The summed E-state index contributed by atoms with van der Waals surface area (Å²) in [6.07, 6.45) is 1.96. The molecule has 1 N–H and O–H groups in total. The zero-order chi connectivity index (χ0) is 14.1. The maximum absolute atomic E-state index is 14.0. The molecule has 1 aliphatic rings. The predicted molar refractivity (Wildman–Crippen MR) is 75.7 cm³/mol. The van der Waals surface area contributed by atoms with E-state index in [1.807, 2.05) is 12.1 Å². The van der Waals surface area contributed by atoms with Gasteiger partial charge in [-0.2, -0.15) is 0 Å². The van der Waals surface area contributed by atoms with Gasteiger partial charge in [0, 0.05) is 17.5 Å². The fourth-order valence-electron chi connectivity index (χ4n) is 3.26. The van der Waals surface area contributed by atoms with E-state index in [0.717, 1.165) is 18.9 Å². The first-order valence-electron chi connectivity index (χ1n) is 6.90. The molecule has 0 aromatic heterocycles. The normalized spacial score (nSPS) is 18.9. The van der Waals surface area contributed by atoms with Gasteiger partial charge in [-0.25, -0.2) is 8.78 Å². The van der Waals surface area contributed by atoms with Gasteiger partial charge in [0.2, 0.25) is 0 Å². The molecule has 0 saturated carbocycles. The van der Waals surface area contributed by atoms with E-state index < -0.39 is 5.82 Å². The number of aryl methyl sites for hydroxylation is 1. The van der Waals surface area contributed by atoms with Crippen LogP contribution in [0.25, 0.3) is 0 Å². The Morgan fingerprint density at radius 1 is 1.15 bits per heavy atom. The molecule has 0 heterocycles. The Labute approximate surface area is 117 Å². The molecule has 0 aliphatic heterocycles. The number of nitrogens with one attached hydrogen (secondary N) is 1. The Hall–Kier alpha value is -1.74. The largest absolute Gasteiger partial charge is 0.312 e. The molecule has 3 rings (SSSR count). The van der Waals surface area contributed by atoms with Crippen LogP contribution in [-0.4, -0.2) is 7.05 Å². The van der Waals surface area contributed by atoms with E-state index >= 15 is 0 Å². The Morgan fingerprint density at radius 2 is 1.95 bits per heavy atom. The molecule has 0 bridgehead atoms. The molecular formula is C17H17F2N. The second kappa shape index (κ2) is 5.33. The van der Waals surface area contributed by atoms with Gasteiger partial charge in [-0.15, -0.1) is 0 Å². The fourth-order valence-corrected chi connectivity index (χ4v) is 3.26. The van der Waals surface area contributed by atoms with Crippen molar-refractivity contribution < 1.29 is 8.78 Å². The molecule has 2 aromatic carbocycles. The van der Waals surface area contributed by atoms with Crippen LogP contribution in [0.15, 0.2) is 42.5 Å². The lowest BCUT2D eigenvalue weighted by Gasteiger charge is -2.25. The van der Waals surface area contributed by atoms with Crippen molar-refractivity contribution in [3.05, 3.63) is 70.8 Å². The molecule has 0 amide bonds. The van der Waals surface area contributed by atoms with Crippen molar-refractivity contribution in [3.8, 4) is 0 Å². The van der Waals surface area contributed by atoms with Crippen LogP contribution in [0.2, 0.25) is 0 Å². The van der Waals surface area contributed by atoms with E-state index in [2.05, 4.69) is 17.4 Å². The minimum absolute atomic E-state index is 0.187. The lowest BCUT2D eigenvalue weighted by Crippen LogP contribution is -2.24. The summed E-state index contributed by atoms with van der Waals surface area (Å²) in [6, 6.07) is 11.7. The van der Waals surface area contributed by atoms with Gasteiger partial charge < -0.3 is 5.32 Å². The maximum atomic E-state index is 14.0. The Kier molecular flexibility index (Phi) is 3.53. The van der Waals surface area contributed by atoms with Gasteiger partial charge in [-0.05, 0) is 49.2 Å². The third-order valence-electron chi connectivity index (χ3n) is 4.19. The molecule has 0 spiro atoms. The SMILES string of the molecule is CNC(c1cc(F)ccc1F)C1CCc2ccccc21. The highest BCUT2D eigenvalue weighted by atomic mass is 19.1. The summed E-state index contributed by atoms with van der Waals surface area (Å²) in [4.78, 5) is 0. The first-order chi connectivity index (χ1) is 9.70. The summed E-state index contributed by atoms with van der Waals surface area (Å²) >= 11 is 0. The molecule has 3 heteroatoms. The van der Waals surface area contributed by atoms with Crippen LogP contribution in [0.1, 0.15) is 35.1 Å². The second-order valence-electron chi connectivity index (χ2n) is 5.28. The molecule has 20 heavy (non-hydrogen) atoms. The quantitative estimate of drug-likeness (QED) is 0.892.